The van der Waals surface area contributed by atoms with Gasteiger partial charge in [-0.3, -0.25) is 9.80 Å². The van der Waals surface area contributed by atoms with E-state index in [1.165, 1.54) is 4.90 Å². The molecule has 2 aromatic rings. The molecule has 0 fully saturated rings. The fourth-order valence-corrected chi connectivity index (χ4v) is 2.95. The molecule has 6 heteroatoms. The number of carbonyl (C=O) groups excluding carboxylic acids is 1. The van der Waals surface area contributed by atoms with Crippen molar-refractivity contribution in [3.05, 3.63) is 66.2 Å². The zero-order valence-electron chi connectivity index (χ0n) is 14.1. The third kappa shape index (κ3) is 3.55. The van der Waals surface area contributed by atoms with E-state index in [1.807, 2.05) is 77.8 Å². The van der Waals surface area contributed by atoms with Crippen molar-refractivity contribution in [3.8, 4) is 12.1 Å². The van der Waals surface area contributed by atoms with Gasteiger partial charge in [-0.2, -0.15) is 15.6 Å². The number of nitriles is 2. The van der Waals surface area contributed by atoms with Crippen molar-refractivity contribution in [1.29, 1.82) is 10.5 Å². The van der Waals surface area contributed by atoms with E-state index in [4.69, 9.17) is 10.5 Å². The molecule has 26 heavy (non-hydrogen) atoms. The topological polar surface area (TPSA) is 83.5 Å². The van der Waals surface area contributed by atoms with Crippen LogP contribution in [0, 0.1) is 22.7 Å². The minimum absolute atomic E-state index is 0.108. The van der Waals surface area contributed by atoms with Gasteiger partial charge >= 0.3 is 0 Å². The molecule has 0 N–H and O–H groups in total. The van der Waals surface area contributed by atoms with Crippen LogP contribution in [0.3, 0.4) is 0 Å². The molecule has 0 saturated heterocycles. The maximum Gasteiger partial charge on any atom is 0.271 e. The first-order chi connectivity index (χ1) is 12.7. The summed E-state index contributed by atoms with van der Waals surface area (Å²) in [7, 11) is 0. The second-order valence-electron chi connectivity index (χ2n) is 5.83. The summed E-state index contributed by atoms with van der Waals surface area (Å²) in [4.78, 5) is 14.0. The van der Waals surface area contributed by atoms with E-state index in [0.29, 0.717) is 12.1 Å². The third-order valence-electron chi connectivity index (χ3n) is 4.17. The Bertz CT molecular complexity index is 864. The molecule has 2 aromatic carbocycles. The first-order valence-corrected chi connectivity index (χ1v) is 8.24. The molecule has 0 saturated carbocycles. The van der Waals surface area contributed by atoms with Gasteiger partial charge in [0.1, 0.15) is 18.8 Å². The zero-order valence-corrected chi connectivity index (χ0v) is 14.1. The SMILES string of the molecule is N#CCN(CC#N)C(=O)C1=NN(c2ccccc2)C(c2ccccc2)C1. The molecule has 1 atom stereocenters. The average Bonchev–Trinajstić information content (AvgIpc) is 3.14. The first kappa shape index (κ1) is 17.2. The molecule has 1 aliphatic rings. The van der Waals surface area contributed by atoms with Crippen LogP contribution in [-0.4, -0.2) is 29.6 Å². The number of para-hydroxylation sites is 1. The van der Waals surface area contributed by atoms with Crippen molar-refractivity contribution in [2.75, 3.05) is 18.1 Å². The van der Waals surface area contributed by atoms with Crippen LogP contribution in [0.25, 0.3) is 0 Å². The largest absolute Gasteiger partial charge is 0.311 e. The smallest absolute Gasteiger partial charge is 0.271 e. The van der Waals surface area contributed by atoms with Gasteiger partial charge in [0.15, 0.2) is 0 Å². The Morgan fingerprint density at radius 2 is 1.62 bits per heavy atom. The van der Waals surface area contributed by atoms with Gasteiger partial charge in [0.05, 0.1) is 23.9 Å². The van der Waals surface area contributed by atoms with Gasteiger partial charge in [0, 0.05) is 6.42 Å². The molecule has 0 spiro atoms. The lowest BCUT2D eigenvalue weighted by molar-refractivity contribution is -0.123. The predicted molar refractivity (Wildman–Crippen MR) is 98.0 cm³/mol. The molecule has 1 amide bonds. The number of rotatable bonds is 5. The van der Waals surface area contributed by atoms with E-state index >= 15 is 0 Å². The molecule has 0 bridgehead atoms. The van der Waals surface area contributed by atoms with E-state index < -0.39 is 0 Å². The Balaban J connectivity index is 1.94. The van der Waals surface area contributed by atoms with Gasteiger partial charge in [0.25, 0.3) is 5.91 Å². The maximum atomic E-state index is 12.7. The van der Waals surface area contributed by atoms with Crippen LogP contribution in [0.4, 0.5) is 5.69 Å². The van der Waals surface area contributed by atoms with Crippen LogP contribution in [0.2, 0.25) is 0 Å². The molecule has 0 aliphatic carbocycles. The molecule has 1 heterocycles. The van der Waals surface area contributed by atoms with Gasteiger partial charge in [-0.15, -0.1) is 0 Å². The highest BCUT2D eigenvalue weighted by molar-refractivity contribution is 6.39. The normalized spacial score (nSPS) is 15.7. The second kappa shape index (κ2) is 7.96. The van der Waals surface area contributed by atoms with Gasteiger partial charge in [0.2, 0.25) is 0 Å². The second-order valence-corrected chi connectivity index (χ2v) is 5.83. The number of hydrogen-bond donors (Lipinski definition) is 0. The summed E-state index contributed by atoms with van der Waals surface area (Å²) in [6, 6.07) is 23.3. The average molecular weight is 343 g/mol. The van der Waals surface area contributed by atoms with Crippen LogP contribution < -0.4 is 5.01 Å². The molecule has 128 valence electrons. The van der Waals surface area contributed by atoms with Crippen molar-refractivity contribution in [2.24, 2.45) is 5.10 Å². The van der Waals surface area contributed by atoms with E-state index in [-0.39, 0.29) is 25.0 Å². The Labute approximate surface area is 152 Å². The van der Waals surface area contributed by atoms with E-state index in [2.05, 4.69) is 5.10 Å². The van der Waals surface area contributed by atoms with Gasteiger partial charge in [-0.05, 0) is 17.7 Å². The minimum Gasteiger partial charge on any atom is -0.311 e. The number of hydrazone groups is 1. The van der Waals surface area contributed by atoms with Crippen LogP contribution in [0.15, 0.2) is 65.8 Å². The first-order valence-electron chi connectivity index (χ1n) is 8.24. The quantitative estimate of drug-likeness (QED) is 0.782. The predicted octanol–water partition coefficient (Wildman–Crippen LogP) is 2.87. The van der Waals surface area contributed by atoms with Crippen molar-refractivity contribution >= 4 is 17.3 Å². The summed E-state index contributed by atoms with van der Waals surface area (Å²) in [5, 5.41) is 24.2. The van der Waals surface area contributed by atoms with Crippen LogP contribution in [0.1, 0.15) is 18.0 Å². The molecule has 0 radical (unpaired) electrons. The maximum absolute atomic E-state index is 12.7. The Morgan fingerprint density at radius 3 is 2.19 bits per heavy atom. The Hall–Kier alpha value is -3.64. The van der Waals surface area contributed by atoms with Crippen molar-refractivity contribution in [1.82, 2.24) is 4.90 Å². The number of hydrogen-bond acceptors (Lipinski definition) is 5. The summed E-state index contributed by atoms with van der Waals surface area (Å²) < 4.78 is 0. The van der Waals surface area contributed by atoms with Gasteiger partial charge in [-0.25, -0.2) is 0 Å². The number of carbonyl (C=O) groups is 1. The monoisotopic (exact) mass is 343 g/mol. The summed E-state index contributed by atoms with van der Waals surface area (Å²) in [6.45, 7) is -0.264. The van der Waals surface area contributed by atoms with E-state index in [0.717, 1.165) is 11.3 Å². The lowest BCUT2D eigenvalue weighted by Gasteiger charge is -2.23. The molecular formula is C20H17N5O. The molecular weight excluding hydrogens is 326 g/mol. The van der Waals surface area contributed by atoms with Crippen LogP contribution in [-0.2, 0) is 4.79 Å². The highest BCUT2D eigenvalue weighted by Gasteiger charge is 2.34. The van der Waals surface area contributed by atoms with Crippen molar-refractivity contribution in [3.63, 3.8) is 0 Å². The molecule has 0 aromatic heterocycles. The number of nitrogens with zero attached hydrogens (tertiary/aromatic N) is 5. The molecule has 1 unspecified atom stereocenters. The van der Waals surface area contributed by atoms with E-state index in [1.54, 1.807) is 0 Å². The zero-order chi connectivity index (χ0) is 18.4. The van der Waals surface area contributed by atoms with Gasteiger partial charge < -0.3 is 4.90 Å². The molecule has 3 rings (SSSR count). The number of benzene rings is 2. The number of anilines is 1. The van der Waals surface area contributed by atoms with Crippen molar-refractivity contribution < 1.29 is 4.79 Å². The van der Waals surface area contributed by atoms with Crippen molar-refractivity contribution in [2.45, 2.75) is 12.5 Å². The molecule has 6 nitrogen and oxygen atoms in total. The summed E-state index contributed by atoms with van der Waals surface area (Å²) >= 11 is 0. The minimum atomic E-state index is -0.368. The fraction of sp³-hybridized carbons (Fsp3) is 0.200. The third-order valence-corrected chi connectivity index (χ3v) is 4.17. The molecule has 1 aliphatic heterocycles. The lowest BCUT2D eigenvalue weighted by atomic mass is 10.0. The van der Waals surface area contributed by atoms with Gasteiger partial charge in [-0.1, -0.05) is 48.5 Å². The number of amides is 1. The van der Waals surface area contributed by atoms with Crippen LogP contribution >= 0.6 is 0 Å². The Kier molecular flexibility index (Phi) is 5.26. The Morgan fingerprint density at radius 1 is 1.04 bits per heavy atom. The standard InChI is InChI=1S/C20H17N5O/c21-11-13-24(14-12-22)20(26)18-15-19(16-7-3-1-4-8-16)25(23-18)17-9-5-2-6-10-17/h1-10,19H,13-15H2. The highest BCUT2D eigenvalue weighted by atomic mass is 16.2. The lowest BCUT2D eigenvalue weighted by Crippen LogP contribution is -2.36. The highest BCUT2D eigenvalue weighted by Crippen LogP contribution is 2.35. The van der Waals surface area contributed by atoms with E-state index in [9.17, 15) is 4.79 Å². The summed E-state index contributed by atoms with van der Waals surface area (Å²) in [6.07, 6.45) is 0.422. The van der Waals surface area contributed by atoms with Crippen LogP contribution in [0.5, 0.6) is 0 Å². The summed E-state index contributed by atoms with van der Waals surface area (Å²) in [5.74, 6) is -0.368. The summed E-state index contributed by atoms with van der Waals surface area (Å²) in [5.41, 5.74) is 2.29. The fourth-order valence-electron chi connectivity index (χ4n) is 2.95.